The molecule has 0 bridgehead atoms. The lowest BCUT2D eigenvalue weighted by atomic mass is 9.81. The first-order valence-corrected chi connectivity index (χ1v) is 14.7. The molecule has 0 fully saturated rings. The van der Waals surface area contributed by atoms with Crippen molar-refractivity contribution in [3.05, 3.63) is 65.2 Å². The van der Waals surface area contributed by atoms with Crippen LogP contribution < -0.4 is 29.1 Å². The summed E-state index contributed by atoms with van der Waals surface area (Å²) in [5.74, 6) is 2.28. The molecule has 0 N–H and O–H groups in total. The SMILES string of the molecule is CCOC(=O)CCCN(CC)c1cc(OC)c(C2c3ccc(N(C)C)cc3Oc3cc(N(C)C)ccc32)cc1N(C)C. The molecule has 0 saturated heterocycles. The molecule has 8 nitrogen and oxygen atoms in total. The second-order valence-corrected chi connectivity index (χ2v) is 11.2. The quantitative estimate of drug-likeness (QED) is 0.182. The van der Waals surface area contributed by atoms with Gasteiger partial charge in [-0.15, -0.1) is 0 Å². The number of anilines is 4. The molecule has 0 atom stereocenters. The Labute approximate surface area is 251 Å². The molecule has 8 heteroatoms. The van der Waals surface area contributed by atoms with Crippen molar-refractivity contribution in [3.8, 4) is 17.2 Å². The van der Waals surface area contributed by atoms with Crippen molar-refractivity contribution in [2.24, 2.45) is 0 Å². The van der Waals surface area contributed by atoms with Crippen molar-refractivity contribution in [1.82, 2.24) is 0 Å². The van der Waals surface area contributed by atoms with Gasteiger partial charge < -0.3 is 33.8 Å². The summed E-state index contributed by atoms with van der Waals surface area (Å²) in [5, 5.41) is 0. The van der Waals surface area contributed by atoms with Crippen LogP contribution in [0.5, 0.6) is 17.2 Å². The highest BCUT2D eigenvalue weighted by Crippen LogP contribution is 2.52. The summed E-state index contributed by atoms with van der Waals surface area (Å²) in [7, 11) is 14.0. The van der Waals surface area contributed by atoms with Crippen LogP contribution in [-0.2, 0) is 9.53 Å². The molecule has 1 heterocycles. The second kappa shape index (κ2) is 13.3. The number of hydrogen-bond acceptors (Lipinski definition) is 8. The standard InChI is InChI=1S/C34H46N4O4/c1-10-38(18-12-13-33(39)41-11-2)29-22-30(40-9)27(21-28(29)37(7)8)34-25-16-14-23(35(3)4)19-31(25)42-32-20-24(36(5)6)15-17-26(32)34/h14-17,19-22,34H,10-13,18H2,1-9H3. The van der Waals surface area contributed by atoms with E-state index >= 15 is 0 Å². The Morgan fingerprint density at radius 2 is 1.38 bits per heavy atom. The first-order chi connectivity index (χ1) is 20.1. The third-order valence-corrected chi connectivity index (χ3v) is 7.83. The third-order valence-electron chi connectivity index (χ3n) is 7.83. The Kier molecular flexibility index (Phi) is 9.76. The zero-order chi connectivity index (χ0) is 30.6. The predicted octanol–water partition coefficient (Wildman–Crippen LogP) is 6.35. The molecule has 0 amide bonds. The van der Waals surface area contributed by atoms with Gasteiger partial charge in [-0.3, -0.25) is 4.79 Å². The number of fused-ring (bicyclic) bond motifs is 2. The maximum Gasteiger partial charge on any atom is 0.305 e. The van der Waals surface area contributed by atoms with Crippen molar-refractivity contribution < 1.29 is 19.0 Å². The molecule has 3 aromatic carbocycles. The molecule has 4 rings (SSSR count). The number of rotatable bonds is 12. The van der Waals surface area contributed by atoms with E-state index in [0.717, 1.165) is 69.8 Å². The van der Waals surface area contributed by atoms with Crippen LogP contribution in [0.2, 0.25) is 0 Å². The Morgan fingerprint density at radius 1 is 0.786 bits per heavy atom. The maximum absolute atomic E-state index is 12.0. The summed E-state index contributed by atoms with van der Waals surface area (Å²) in [6.07, 6.45) is 1.11. The summed E-state index contributed by atoms with van der Waals surface area (Å²) in [6, 6.07) is 17.3. The van der Waals surface area contributed by atoms with Crippen LogP contribution in [0.1, 0.15) is 49.3 Å². The van der Waals surface area contributed by atoms with Gasteiger partial charge in [0, 0.05) is 114 Å². The fraction of sp³-hybridized carbons (Fsp3) is 0.441. The summed E-state index contributed by atoms with van der Waals surface area (Å²) in [6.45, 7) is 5.92. The number of ether oxygens (including phenoxy) is 3. The largest absolute Gasteiger partial charge is 0.496 e. The highest BCUT2D eigenvalue weighted by atomic mass is 16.5. The van der Waals surface area contributed by atoms with Gasteiger partial charge >= 0.3 is 5.97 Å². The van der Waals surface area contributed by atoms with E-state index in [1.807, 2.05) is 35.1 Å². The molecule has 0 unspecified atom stereocenters. The highest BCUT2D eigenvalue weighted by Gasteiger charge is 2.33. The minimum atomic E-state index is -0.152. The van der Waals surface area contributed by atoms with Gasteiger partial charge in [0.15, 0.2) is 0 Å². The van der Waals surface area contributed by atoms with Crippen molar-refractivity contribution in [2.45, 2.75) is 32.6 Å². The summed E-state index contributed by atoms with van der Waals surface area (Å²) in [4.78, 5) is 20.6. The average Bonchev–Trinajstić information content (AvgIpc) is 2.97. The van der Waals surface area contributed by atoms with Crippen molar-refractivity contribution in [1.29, 1.82) is 0 Å². The Morgan fingerprint density at radius 3 is 1.86 bits per heavy atom. The first-order valence-electron chi connectivity index (χ1n) is 14.7. The summed E-state index contributed by atoms with van der Waals surface area (Å²) < 4.78 is 17.8. The van der Waals surface area contributed by atoms with Crippen LogP contribution in [-0.4, -0.2) is 75.1 Å². The molecule has 0 aliphatic carbocycles. The zero-order valence-corrected chi connectivity index (χ0v) is 26.7. The van der Waals surface area contributed by atoms with Gasteiger partial charge in [0.1, 0.15) is 17.2 Å². The smallest absolute Gasteiger partial charge is 0.305 e. The van der Waals surface area contributed by atoms with Gasteiger partial charge in [-0.05, 0) is 38.5 Å². The van der Waals surface area contributed by atoms with Crippen LogP contribution in [0.25, 0.3) is 0 Å². The number of nitrogens with zero attached hydrogens (tertiary/aromatic N) is 4. The topological polar surface area (TPSA) is 57.7 Å². The molecule has 3 aromatic rings. The molecular weight excluding hydrogens is 528 g/mol. The van der Waals surface area contributed by atoms with Crippen molar-refractivity contribution in [3.63, 3.8) is 0 Å². The van der Waals surface area contributed by atoms with Crippen LogP contribution >= 0.6 is 0 Å². The van der Waals surface area contributed by atoms with Crippen LogP contribution in [0.15, 0.2) is 48.5 Å². The van der Waals surface area contributed by atoms with E-state index in [0.29, 0.717) is 19.4 Å². The molecule has 0 aromatic heterocycles. The third kappa shape index (κ3) is 6.37. The van der Waals surface area contributed by atoms with E-state index in [9.17, 15) is 4.79 Å². The number of benzene rings is 3. The molecule has 1 aliphatic rings. The number of carbonyl (C=O) groups is 1. The van der Waals surface area contributed by atoms with Gasteiger partial charge in [0.25, 0.3) is 0 Å². The van der Waals surface area contributed by atoms with Gasteiger partial charge in [-0.1, -0.05) is 12.1 Å². The van der Waals surface area contributed by atoms with Crippen molar-refractivity contribution >= 4 is 28.7 Å². The molecule has 42 heavy (non-hydrogen) atoms. The minimum absolute atomic E-state index is 0.0854. The van der Waals surface area contributed by atoms with Crippen LogP contribution in [0.4, 0.5) is 22.7 Å². The molecule has 226 valence electrons. The van der Waals surface area contributed by atoms with Crippen LogP contribution in [0.3, 0.4) is 0 Å². The maximum atomic E-state index is 12.0. The Balaban J connectivity index is 1.85. The predicted molar refractivity (Wildman–Crippen MR) is 174 cm³/mol. The van der Waals surface area contributed by atoms with Crippen LogP contribution in [0, 0.1) is 0 Å². The number of methoxy groups -OCH3 is 1. The van der Waals surface area contributed by atoms with Crippen molar-refractivity contribution in [2.75, 3.05) is 88.7 Å². The fourth-order valence-corrected chi connectivity index (χ4v) is 5.56. The van der Waals surface area contributed by atoms with Gasteiger partial charge in [-0.2, -0.15) is 0 Å². The van der Waals surface area contributed by atoms with E-state index in [-0.39, 0.29) is 11.9 Å². The van der Waals surface area contributed by atoms with Gasteiger partial charge in [0.2, 0.25) is 0 Å². The molecule has 0 spiro atoms. The highest BCUT2D eigenvalue weighted by molar-refractivity contribution is 5.77. The summed E-state index contributed by atoms with van der Waals surface area (Å²) >= 11 is 0. The number of esters is 1. The number of hydrogen-bond donors (Lipinski definition) is 0. The number of carbonyl (C=O) groups excluding carboxylic acids is 1. The minimum Gasteiger partial charge on any atom is -0.496 e. The lowest BCUT2D eigenvalue weighted by Gasteiger charge is -2.34. The molecular formula is C34H46N4O4. The lowest BCUT2D eigenvalue weighted by molar-refractivity contribution is -0.143. The van der Waals surface area contributed by atoms with Gasteiger partial charge in [-0.25, -0.2) is 0 Å². The lowest BCUT2D eigenvalue weighted by Crippen LogP contribution is -2.27. The van der Waals surface area contributed by atoms with E-state index in [1.165, 1.54) is 0 Å². The van der Waals surface area contributed by atoms with E-state index in [4.69, 9.17) is 14.2 Å². The average molecular weight is 575 g/mol. The zero-order valence-electron chi connectivity index (χ0n) is 26.7. The second-order valence-electron chi connectivity index (χ2n) is 11.2. The monoisotopic (exact) mass is 574 g/mol. The van der Waals surface area contributed by atoms with E-state index in [1.54, 1.807) is 7.11 Å². The molecule has 0 saturated carbocycles. The molecule has 0 radical (unpaired) electrons. The molecule has 1 aliphatic heterocycles. The Bertz CT molecular complexity index is 1350. The van der Waals surface area contributed by atoms with E-state index < -0.39 is 0 Å². The Hall–Kier alpha value is -4.07. The van der Waals surface area contributed by atoms with Gasteiger partial charge in [0.05, 0.1) is 25.1 Å². The fourth-order valence-electron chi connectivity index (χ4n) is 5.56. The van der Waals surface area contributed by atoms with E-state index in [2.05, 4.69) is 89.1 Å². The normalized spacial score (nSPS) is 12.1. The first kappa shape index (κ1) is 30.9. The summed E-state index contributed by atoms with van der Waals surface area (Å²) in [5.41, 5.74) is 7.61.